The minimum absolute atomic E-state index is 0.0582. The molecule has 0 aromatic heterocycles. The zero-order valence-corrected chi connectivity index (χ0v) is 22.1. The molecular formula is C26H39FN4O2S2. The van der Waals surface area contributed by atoms with Crippen molar-refractivity contribution in [2.24, 2.45) is 5.92 Å². The normalized spacial score (nSPS) is 23.2. The summed E-state index contributed by atoms with van der Waals surface area (Å²) >= 11 is 3.52. The lowest BCUT2D eigenvalue weighted by Gasteiger charge is -2.33. The Hall–Kier alpha value is -1.29. The summed E-state index contributed by atoms with van der Waals surface area (Å²) in [5, 5.41) is 9.47. The zero-order valence-electron chi connectivity index (χ0n) is 20.5. The third kappa shape index (κ3) is 8.65. The first kappa shape index (κ1) is 26.8. The Kier molecular flexibility index (Phi) is 10.6. The molecule has 35 heavy (non-hydrogen) atoms. The van der Waals surface area contributed by atoms with E-state index in [0.717, 1.165) is 61.3 Å². The van der Waals surface area contributed by atoms with Gasteiger partial charge in [-0.3, -0.25) is 19.8 Å². The van der Waals surface area contributed by atoms with Crippen LogP contribution in [0, 0.1) is 11.7 Å². The zero-order chi connectivity index (χ0) is 24.5. The van der Waals surface area contributed by atoms with Crippen LogP contribution < -0.4 is 16.0 Å². The molecule has 1 aliphatic carbocycles. The van der Waals surface area contributed by atoms with E-state index in [-0.39, 0.29) is 29.7 Å². The van der Waals surface area contributed by atoms with Gasteiger partial charge in [0.15, 0.2) is 0 Å². The SMILES string of the molecule is O=C(NC1CCN(Cc2ccc(F)cc2)CC1)C(CSCC1CCCCC1)NC(=O)[C@@H]1CSCN1. The molecule has 2 heterocycles. The van der Waals surface area contributed by atoms with E-state index in [0.29, 0.717) is 5.75 Å². The van der Waals surface area contributed by atoms with Crippen LogP contribution in [0.5, 0.6) is 0 Å². The predicted octanol–water partition coefficient (Wildman–Crippen LogP) is 3.37. The summed E-state index contributed by atoms with van der Waals surface area (Å²) in [7, 11) is 0. The molecule has 2 saturated heterocycles. The largest absolute Gasteiger partial charge is 0.351 e. The highest BCUT2D eigenvalue weighted by Gasteiger charge is 2.30. The third-order valence-corrected chi connectivity index (χ3v) is 9.50. The minimum atomic E-state index is -0.499. The Morgan fingerprint density at radius 1 is 1.11 bits per heavy atom. The monoisotopic (exact) mass is 522 g/mol. The third-order valence-electron chi connectivity index (χ3n) is 7.28. The summed E-state index contributed by atoms with van der Waals surface area (Å²) in [6, 6.07) is 6.08. The number of piperidine rings is 1. The highest BCUT2D eigenvalue weighted by Crippen LogP contribution is 2.27. The van der Waals surface area contributed by atoms with Crippen LogP contribution in [-0.2, 0) is 16.1 Å². The van der Waals surface area contributed by atoms with Gasteiger partial charge in [0.1, 0.15) is 11.9 Å². The van der Waals surface area contributed by atoms with Gasteiger partial charge in [0, 0.05) is 43.1 Å². The van der Waals surface area contributed by atoms with E-state index in [1.165, 1.54) is 44.2 Å². The van der Waals surface area contributed by atoms with Crippen molar-refractivity contribution in [2.75, 3.05) is 36.2 Å². The van der Waals surface area contributed by atoms with Gasteiger partial charge in [-0.25, -0.2) is 4.39 Å². The number of likely N-dealkylation sites (tertiary alicyclic amines) is 1. The summed E-state index contributed by atoms with van der Waals surface area (Å²) in [6.45, 7) is 2.57. The molecule has 6 nitrogen and oxygen atoms in total. The number of nitrogens with zero attached hydrogens (tertiary/aromatic N) is 1. The van der Waals surface area contributed by atoms with Crippen LogP contribution in [0.25, 0.3) is 0 Å². The predicted molar refractivity (Wildman–Crippen MR) is 143 cm³/mol. The Bertz CT molecular complexity index is 808. The van der Waals surface area contributed by atoms with Crippen LogP contribution >= 0.6 is 23.5 Å². The number of hydrogen-bond acceptors (Lipinski definition) is 6. The van der Waals surface area contributed by atoms with Crippen molar-refractivity contribution in [3.63, 3.8) is 0 Å². The van der Waals surface area contributed by atoms with Crippen molar-refractivity contribution in [1.82, 2.24) is 20.9 Å². The molecule has 2 atom stereocenters. The highest BCUT2D eigenvalue weighted by molar-refractivity contribution is 7.99. The molecule has 2 amide bonds. The Balaban J connectivity index is 1.24. The first-order valence-corrected chi connectivity index (χ1v) is 15.3. The molecule has 1 aromatic rings. The lowest BCUT2D eigenvalue weighted by atomic mass is 9.91. The fourth-order valence-electron chi connectivity index (χ4n) is 5.11. The summed E-state index contributed by atoms with van der Waals surface area (Å²) in [4.78, 5) is 28.3. The second kappa shape index (κ2) is 13.9. The summed E-state index contributed by atoms with van der Waals surface area (Å²) < 4.78 is 13.2. The molecule has 2 aliphatic heterocycles. The van der Waals surface area contributed by atoms with Crippen LogP contribution in [0.3, 0.4) is 0 Å². The van der Waals surface area contributed by atoms with E-state index in [2.05, 4.69) is 20.9 Å². The van der Waals surface area contributed by atoms with Crippen molar-refractivity contribution in [3.05, 3.63) is 35.6 Å². The summed E-state index contributed by atoms with van der Waals surface area (Å²) in [5.74, 6) is 3.63. The Labute approximate surface area is 217 Å². The second-order valence-corrected chi connectivity index (χ2v) is 12.2. The summed E-state index contributed by atoms with van der Waals surface area (Å²) in [6.07, 6.45) is 8.31. The average molecular weight is 523 g/mol. The Morgan fingerprint density at radius 2 is 1.86 bits per heavy atom. The number of carbonyl (C=O) groups is 2. The van der Waals surface area contributed by atoms with Gasteiger partial charge in [-0.05, 0) is 55.1 Å². The van der Waals surface area contributed by atoms with Gasteiger partial charge >= 0.3 is 0 Å². The molecule has 0 bridgehead atoms. The summed E-state index contributed by atoms with van der Waals surface area (Å²) in [5.41, 5.74) is 1.10. The number of amides is 2. The van der Waals surface area contributed by atoms with E-state index in [9.17, 15) is 14.0 Å². The van der Waals surface area contributed by atoms with Gasteiger partial charge in [-0.2, -0.15) is 11.8 Å². The van der Waals surface area contributed by atoms with Crippen molar-refractivity contribution < 1.29 is 14.0 Å². The minimum Gasteiger partial charge on any atom is -0.351 e. The van der Waals surface area contributed by atoms with Crippen LogP contribution in [-0.4, -0.2) is 71.1 Å². The fraction of sp³-hybridized carbons (Fsp3) is 0.692. The smallest absolute Gasteiger partial charge is 0.243 e. The maximum Gasteiger partial charge on any atom is 0.243 e. The fourth-order valence-corrected chi connectivity index (χ4v) is 7.33. The van der Waals surface area contributed by atoms with Crippen LogP contribution in [0.1, 0.15) is 50.5 Å². The molecule has 9 heteroatoms. The van der Waals surface area contributed by atoms with Gasteiger partial charge in [-0.15, -0.1) is 11.8 Å². The van der Waals surface area contributed by atoms with Gasteiger partial charge in [0.2, 0.25) is 11.8 Å². The van der Waals surface area contributed by atoms with Crippen molar-refractivity contribution in [1.29, 1.82) is 0 Å². The van der Waals surface area contributed by atoms with Crippen LogP contribution in [0.2, 0.25) is 0 Å². The molecule has 1 aromatic carbocycles. The first-order valence-electron chi connectivity index (χ1n) is 13.0. The first-order chi connectivity index (χ1) is 17.1. The van der Waals surface area contributed by atoms with Gasteiger partial charge < -0.3 is 10.6 Å². The number of nitrogens with one attached hydrogen (secondary N) is 3. The molecule has 1 unspecified atom stereocenters. The van der Waals surface area contributed by atoms with Gasteiger partial charge in [0.25, 0.3) is 0 Å². The van der Waals surface area contributed by atoms with E-state index in [4.69, 9.17) is 0 Å². The quantitative estimate of drug-likeness (QED) is 0.438. The Morgan fingerprint density at radius 3 is 2.54 bits per heavy atom. The van der Waals surface area contributed by atoms with Crippen LogP contribution in [0.15, 0.2) is 24.3 Å². The lowest BCUT2D eigenvalue weighted by Crippen LogP contribution is -2.55. The molecule has 1 saturated carbocycles. The maximum absolute atomic E-state index is 13.2. The number of halogens is 1. The molecule has 3 aliphatic rings. The van der Waals surface area contributed by atoms with E-state index < -0.39 is 6.04 Å². The van der Waals surface area contributed by atoms with Crippen molar-refractivity contribution >= 4 is 35.3 Å². The number of carbonyl (C=O) groups excluding carboxylic acids is 2. The van der Waals surface area contributed by atoms with Crippen molar-refractivity contribution in [2.45, 2.75) is 69.6 Å². The van der Waals surface area contributed by atoms with E-state index in [1.807, 2.05) is 23.9 Å². The highest BCUT2D eigenvalue weighted by atomic mass is 32.2. The van der Waals surface area contributed by atoms with E-state index >= 15 is 0 Å². The van der Waals surface area contributed by atoms with Crippen molar-refractivity contribution in [3.8, 4) is 0 Å². The number of hydrogen-bond donors (Lipinski definition) is 3. The van der Waals surface area contributed by atoms with Crippen LogP contribution in [0.4, 0.5) is 4.39 Å². The van der Waals surface area contributed by atoms with Gasteiger partial charge in [0.05, 0.1) is 6.04 Å². The number of rotatable bonds is 10. The molecule has 0 spiro atoms. The van der Waals surface area contributed by atoms with E-state index in [1.54, 1.807) is 11.8 Å². The average Bonchev–Trinajstić information content (AvgIpc) is 3.42. The molecular weight excluding hydrogens is 483 g/mol. The molecule has 3 fully saturated rings. The topological polar surface area (TPSA) is 73.5 Å². The standard InChI is InChI=1S/C26H39FN4O2S2/c27-21-8-6-19(7-9-21)14-31-12-10-22(11-13-31)29-26(33)24(30-25(32)23-16-35-18-28-23)17-34-15-20-4-2-1-3-5-20/h6-9,20,22-24,28H,1-5,10-18H2,(H,29,33)(H,30,32)/t23-,24?/m0/s1. The second-order valence-electron chi connectivity index (χ2n) is 10.1. The molecule has 3 N–H and O–H groups in total. The molecule has 4 rings (SSSR count). The number of thioether (sulfide) groups is 2. The lowest BCUT2D eigenvalue weighted by molar-refractivity contribution is -0.129. The molecule has 0 radical (unpaired) electrons. The van der Waals surface area contributed by atoms with Gasteiger partial charge in [-0.1, -0.05) is 31.4 Å². The maximum atomic E-state index is 13.2. The molecule has 194 valence electrons. The number of benzene rings is 1.